The Kier molecular flexibility index (Phi) is 6.52. The lowest BCUT2D eigenvalue weighted by Crippen LogP contribution is -2.36. The van der Waals surface area contributed by atoms with Crippen molar-refractivity contribution in [3.63, 3.8) is 0 Å². The Labute approximate surface area is 165 Å². The fourth-order valence-corrected chi connectivity index (χ4v) is 3.99. The van der Waals surface area contributed by atoms with Gasteiger partial charge >= 0.3 is 5.97 Å². The minimum absolute atomic E-state index is 0.0132. The van der Waals surface area contributed by atoms with Crippen LogP contribution in [0.15, 0.2) is 36.4 Å². The van der Waals surface area contributed by atoms with Crippen LogP contribution in [0.3, 0.4) is 0 Å². The molecule has 3 rings (SSSR count). The first-order valence-corrected chi connectivity index (χ1v) is 9.78. The van der Waals surface area contributed by atoms with Gasteiger partial charge in [0.1, 0.15) is 5.75 Å². The van der Waals surface area contributed by atoms with Crippen LogP contribution in [0.25, 0.3) is 10.8 Å². The molecule has 2 aromatic carbocycles. The zero-order chi connectivity index (χ0) is 20.0. The van der Waals surface area contributed by atoms with Crippen LogP contribution in [0, 0.1) is 5.41 Å². The van der Waals surface area contributed by atoms with Gasteiger partial charge in [-0.25, -0.2) is 4.79 Å². The number of amides is 1. The molecule has 0 aliphatic heterocycles. The number of nitrogens with two attached hydrogens (primary N) is 1. The summed E-state index contributed by atoms with van der Waals surface area (Å²) in [7, 11) is 1.32. The predicted molar refractivity (Wildman–Crippen MR) is 109 cm³/mol. The van der Waals surface area contributed by atoms with Crippen molar-refractivity contribution in [1.29, 1.82) is 0 Å². The van der Waals surface area contributed by atoms with Crippen molar-refractivity contribution in [1.82, 2.24) is 0 Å². The lowest BCUT2D eigenvalue weighted by molar-refractivity contribution is -0.142. The Morgan fingerprint density at radius 2 is 1.79 bits per heavy atom. The summed E-state index contributed by atoms with van der Waals surface area (Å²) < 4.78 is 10.2. The van der Waals surface area contributed by atoms with Gasteiger partial charge in [-0.2, -0.15) is 0 Å². The van der Waals surface area contributed by atoms with Crippen LogP contribution in [0.4, 0.5) is 5.69 Å². The van der Waals surface area contributed by atoms with Crippen molar-refractivity contribution < 1.29 is 19.1 Å². The van der Waals surface area contributed by atoms with Crippen LogP contribution < -0.4 is 15.8 Å². The largest absolute Gasteiger partial charge is 0.481 e. The molecule has 0 atom stereocenters. The van der Waals surface area contributed by atoms with Gasteiger partial charge in [-0.05, 0) is 36.9 Å². The number of anilines is 1. The summed E-state index contributed by atoms with van der Waals surface area (Å²) >= 11 is 0. The van der Waals surface area contributed by atoms with Gasteiger partial charge in [0, 0.05) is 22.9 Å². The van der Waals surface area contributed by atoms with E-state index in [-0.39, 0.29) is 17.9 Å². The summed E-state index contributed by atoms with van der Waals surface area (Å²) in [4.78, 5) is 24.1. The molecular weight excluding hydrogens is 356 g/mol. The molecule has 0 spiro atoms. The number of esters is 1. The lowest BCUT2D eigenvalue weighted by atomic mass is 9.71. The van der Waals surface area contributed by atoms with Crippen molar-refractivity contribution in [3.05, 3.63) is 36.4 Å². The molecule has 1 fully saturated rings. The maximum Gasteiger partial charge on any atom is 0.343 e. The molecule has 6 nitrogen and oxygen atoms in total. The molecular formula is C22H28N2O4. The van der Waals surface area contributed by atoms with E-state index in [1.807, 2.05) is 30.3 Å². The second-order valence-corrected chi connectivity index (χ2v) is 7.51. The number of benzene rings is 2. The maximum atomic E-state index is 12.8. The molecule has 3 N–H and O–H groups in total. The highest BCUT2D eigenvalue weighted by molar-refractivity contribution is 6.04. The number of hydrogen-bond donors (Lipinski definition) is 2. The Balaban J connectivity index is 1.78. The molecule has 150 valence electrons. The Bertz CT molecular complexity index is 844. The highest BCUT2D eigenvalue weighted by Gasteiger charge is 2.33. The topological polar surface area (TPSA) is 90.6 Å². The molecule has 2 aromatic rings. The summed E-state index contributed by atoms with van der Waals surface area (Å²) in [5.74, 6) is 0.117. The summed E-state index contributed by atoms with van der Waals surface area (Å²) in [6.45, 7) is 0.382. The lowest BCUT2D eigenvalue weighted by Gasteiger charge is -2.35. The first kappa shape index (κ1) is 20.1. The summed E-state index contributed by atoms with van der Waals surface area (Å²) in [5.41, 5.74) is 6.67. The number of fused-ring (bicyclic) bond motifs is 1. The summed E-state index contributed by atoms with van der Waals surface area (Å²) in [6.07, 6.45) is 5.97. The quantitative estimate of drug-likeness (QED) is 0.712. The molecule has 0 radical (unpaired) electrons. The number of rotatable bonds is 7. The number of ether oxygens (including phenoxy) is 2. The number of hydrogen-bond acceptors (Lipinski definition) is 5. The highest BCUT2D eigenvalue weighted by atomic mass is 16.6. The molecule has 0 heterocycles. The Morgan fingerprint density at radius 3 is 2.46 bits per heavy atom. The molecule has 1 aliphatic carbocycles. The second-order valence-electron chi connectivity index (χ2n) is 7.51. The SMILES string of the molecule is COC(=O)COc1ccc(NC(=O)CC2(CN)CCCCC2)c2ccccc12. The minimum Gasteiger partial charge on any atom is -0.481 e. The fraction of sp³-hybridized carbons (Fsp3) is 0.455. The van der Waals surface area contributed by atoms with Gasteiger partial charge < -0.3 is 20.5 Å². The molecule has 6 heteroatoms. The first-order chi connectivity index (χ1) is 13.6. The smallest absolute Gasteiger partial charge is 0.343 e. The van der Waals surface area contributed by atoms with Crippen LogP contribution in [-0.4, -0.2) is 32.1 Å². The Morgan fingerprint density at radius 1 is 1.07 bits per heavy atom. The van der Waals surface area contributed by atoms with Gasteiger partial charge in [0.2, 0.25) is 5.91 Å². The van der Waals surface area contributed by atoms with Crippen molar-refractivity contribution in [2.75, 3.05) is 25.6 Å². The zero-order valence-corrected chi connectivity index (χ0v) is 16.3. The molecule has 1 amide bonds. The van der Waals surface area contributed by atoms with E-state index in [1.165, 1.54) is 13.5 Å². The van der Waals surface area contributed by atoms with Crippen molar-refractivity contribution >= 4 is 28.3 Å². The fourth-order valence-electron chi connectivity index (χ4n) is 3.99. The molecule has 0 aromatic heterocycles. The van der Waals surface area contributed by atoms with Gasteiger partial charge in [-0.3, -0.25) is 4.79 Å². The zero-order valence-electron chi connectivity index (χ0n) is 16.3. The van der Waals surface area contributed by atoms with Crippen LogP contribution in [-0.2, 0) is 14.3 Å². The second kappa shape index (κ2) is 9.06. The van der Waals surface area contributed by atoms with E-state index in [9.17, 15) is 9.59 Å². The van der Waals surface area contributed by atoms with Crippen molar-refractivity contribution in [3.8, 4) is 5.75 Å². The average Bonchev–Trinajstić information content (AvgIpc) is 2.73. The molecule has 1 saturated carbocycles. The third-order valence-corrected chi connectivity index (χ3v) is 5.61. The molecule has 0 unspecified atom stereocenters. The minimum atomic E-state index is -0.443. The standard InChI is InChI=1S/C22H28N2O4/c1-27-21(26)14-28-19-10-9-18(16-7-3-4-8-17(16)19)24-20(25)13-22(15-23)11-5-2-6-12-22/h3-4,7-10H,2,5-6,11-15,23H2,1H3,(H,24,25). The first-order valence-electron chi connectivity index (χ1n) is 9.78. The van der Waals surface area contributed by atoms with E-state index in [0.717, 1.165) is 42.1 Å². The third-order valence-electron chi connectivity index (χ3n) is 5.61. The van der Waals surface area contributed by atoms with E-state index in [4.69, 9.17) is 10.5 Å². The van der Waals surface area contributed by atoms with Gasteiger partial charge in [-0.1, -0.05) is 43.5 Å². The maximum absolute atomic E-state index is 12.8. The molecule has 1 aliphatic rings. The normalized spacial score (nSPS) is 15.8. The molecule has 0 saturated heterocycles. The summed E-state index contributed by atoms with van der Waals surface area (Å²) in [5, 5.41) is 4.75. The Hall–Kier alpha value is -2.60. The van der Waals surface area contributed by atoms with E-state index in [0.29, 0.717) is 18.7 Å². The molecule has 28 heavy (non-hydrogen) atoms. The van der Waals surface area contributed by atoms with Crippen LogP contribution in [0.2, 0.25) is 0 Å². The third kappa shape index (κ3) is 4.62. The van der Waals surface area contributed by atoms with E-state index >= 15 is 0 Å². The van der Waals surface area contributed by atoms with Crippen LogP contribution in [0.1, 0.15) is 38.5 Å². The number of nitrogens with one attached hydrogen (secondary N) is 1. The van der Waals surface area contributed by atoms with Gasteiger partial charge in [0.15, 0.2) is 6.61 Å². The predicted octanol–water partition coefficient (Wildman–Crippen LogP) is 3.63. The van der Waals surface area contributed by atoms with Crippen LogP contribution >= 0.6 is 0 Å². The number of methoxy groups -OCH3 is 1. The van der Waals surface area contributed by atoms with Crippen molar-refractivity contribution in [2.24, 2.45) is 11.1 Å². The van der Waals surface area contributed by atoms with Crippen LogP contribution in [0.5, 0.6) is 5.75 Å². The van der Waals surface area contributed by atoms with E-state index in [2.05, 4.69) is 10.1 Å². The highest BCUT2D eigenvalue weighted by Crippen LogP contribution is 2.39. The monoisotopic (exact) mass is 384 g/mol. The molecule has 0 bridgehead atoms. The number of carbonyl (C=O) groups excluding carboxylic acids is 2. The average molecular weight is 384 g/mol. The van der Waals surface area contributed by atoms with Gasteiger partial charge in [-0.15, -0.1) is 0 Å². The van der Waals surface area contributed by atoms with Gasteiger partial charge in [0.05, 0.1) is 7.11 Å². The number of carbonyl (C=O) groups is 2. The van der Waals surface area contributed by atoms with E-state index in [1.54, 1.807) is 6.07 Å². The van der Waals surface area contributed by atoms with Crippen molar-refractivity contribution in [2.45, 2.75) is 38.5 Å². The summed E-state index contributed by atoms with van der Waals surface area (Å²) in [6, 6.07) is 11.2. The van der Waals surface area contributed by atoms with E-state index < -0.39 is 5.97 Å². The van der Waals surface area contributed by atoms with Gasteiger partial charge in [0.25, 0.3) is 0 Å².